The Morgan fingerprint density at radius 2 is 2.38 bits per heavy atom. The van der Waals surface area contributed by atoms with E-state index in [0.29, 0.717) is 6.61 Å². The molecule has 1 aromatic rings. The van der Waals surface area contributed by atoms with Gasteiger partial charge in [-0.2, -0.15) is 0 Å². The molecular formula is C13H17NO2. The van der Waals surface area contributed by atoms with Crippen molar-refractivity contribution in [2.24, 2.45) is 0 Å². The zero-order chi connectivity index (χ0) is 11.4. The Bertz CT molecular complexity index is 387. The molecule has 1 unspecified atom stereocenters. The van der Waals surface area contributed by atoms with Crippen molar-refractivity contribution in [3.05, 3.63) is 30.1 Å². The molecule has 16 heavy (non-hydrogen) atoms. The summed E-state index contributed by atoms with van der Waals surface area (Å²) in [6.45, 7) is 2.79. The highest BCUT2D eigenvalue weighted by Crippen LogP contribution is 2.29. The minimum absolute atomic E-state index is 0.296. The van der Waals surface area contributed by atoms with Crippen molar-refractivity contribution < 1.29 is 9.84 Å². The fourth-order valence-corrected chi connectivity index (χ4v) is 1.84. The molecule has 3 heteroatoms. The Labute approximate surface area is 95.8 Å². The van der Waals surface area contributed by atoms with Gasteiger partial charge in [-0.1, -0.05) is 13.0 Å². The number of hydrogen-bond acceptors (Lipinski definition) is 3. The van der Waals surface area contributed by atoms with Crippen LogP contribution in [0.1, 0.15) is 31.7 Å². The highest BCUT2D eigenvalue weighted by molar-refractivity contribution is 5.68. The molecule has 86 valence electrons. The van der Waals surface area contributed by atoms with E-state index in [4.69, 9.17) is 4.74 Å². The van der Waals surface area contributed by atoms with Crippen LogP contribution >= 0.6 is 0 Å². The number of nitrogens with zero attached hydrogens (tertiary/aromatic N) is 1. The topological polar surface area (TPSA) is 42.4 Å². The number of pyridine rings is 1. The number of ether oxygens (including phenoxy) is 1. The molecule has 1 aromatic heterocycles. The van der Waals surface area contributed by atoms with Gasteiger partial charge in [-0.3, -0.25) is 4.98 Å². The minimum atomic E-state index is -0.296. The van der Waals surface area contributed by atoms with Crippen LogP contribution in [0.25, 0.3) is 5.57 Å². The maximum Gasteiger partial charge on any atom is 0.138 e. The standard InChI is InChI=1S/C13H17NO2/c1-2-5-16-13-7-11(8-14-9-13)10-3-4-12(15)6-10/h6-9,12,15H,2-5H2,1H3. The molecule has 0 aliphatic heterocycles. The lowest BCUT2D eigenvalue weighted by atomic mass is 10.1. The molecule has 0 saturated carbocycles. The highest BCUT2D eigenvalue weighted by atomic mass is 16.5. The van der Waals surface area contributed by atoms with Gasteiger partial charge in [-0.15, -0.1) is 0 Å². The van der Waals surface area contributed by atoms with Crippen LogP contribution in [0.5, 0.6) is 5.75 Å². The normalized spacial score (nSPS) is 19.6. The van der Waals surface area contributed by atoms with Gasteiger partial charge in [0.05, 0.1) is 18.9 Å². The molecular weight excluding hydrogens is 202 g/mol. The van der Waals surface area contributed by atoms with Gasteiger partial charge in [0.25, 0.3) is 0 Å². The number of allylic oxidation sites excluding steroid dienone is 1. The Hall–Kier alpha value is -1.35. The lowest BCUT2D eigenvalue weighted by Gasteiger charge is -2.06. The maximum absolute atomic E-state index is 9.44. The van der Waals surface area contributed by atoms with Crippen LogP contribution in [0.3, 0.4) is 0 Å². The van der Waals surface area contributed by atoms with Crippen LogP contribution in [-0.4, -0.2) is 22.8 Å². The Balaban J connectivity index is 2.13. The van der Waals surface area contributed by atoms with Crippen LogP contribution in [0.2, 0.25) is 0 Å². The first kappa shape index (κ1) is 11.1. The third-order valence-electron chi connectivity index (χ3n) is 2.66. The second-order valence-corrected chi connectivity index (χ2v) is 4.06. The fourth-order valence-electron chi connectivity index (χ4n) is 1.84. The van der Waals surface area contributed by atoms with Crippen molar-refractivity contribution in [1.82, 2.24) is 4.98 Å². The first-order valence-electron chi connectivity index (χ1n) is 5.76. The third kappa shape index (κ3) is 2.61. The lowest BCUT2D eigenvalue weighted by Crippen LogP contribution is -1.96. The summed E-state index contributed by atoms with van der Waals surface area (Å²) in [5, 5.41) is 9.44. The van der Waals surface area contributed by atoms with Crippen molar-refractivity contribution in [2.45, 2.75) is 32.3 Å². The van der Waals surface area contributed by atoms with Gasteiger partial charge < -0.3 is 9.84 Å². The molecule has 1 aliphatic carbocycles. The predicted octanol–water partition coefficient (Wildman–Crippen LogP) is 2.41. The van der Waals surface area contributed by atoms with Gasteiger partial charge in [0.2, 0.25) is 0 Å². The molecule has 1 heterocycles. The number of hydrogen-bond donors (Lipinski definition) is 1. The molecule has 0 amide bonds. The third-order valence-corrected chi connectivity index (χ3v) is 2.66. The molecule has 1 aliphatic rings. The van der Waals surface area contributed by atoms with E-state index in [2.05, 4.69) is 11.9 Å². The summed E-state index contributed by atoms with van der Waals surface area (Å²) >= 11 is 0. The summed E-state index contributed by atoms with van der Waals surface area (Å²) < 4.78 is 5.53. The van der Waals surface area contributed by atoms with Crippen molar-refractivity contribution in [3.8, 4) is 5.75 Å². The predicted molar refractivity (Wildman–Crippen MR) is 63.2 cm³/mol. The summed E-state index contributed by atoms with van der Waals surface area (Å²) in [6, 6.07) is 1.99. The molecule has 1 atom stereocenters. The number of aliphatic hydroxyl groups is 1. The van der Waals surface area contributed by atoms with Crippen LogP contribution in [0.15, 0.2) is 24.5 Å². The van der Waals surface area contributed by atoms with E-state index >= 15 is 0 Å². The molecule has 0 saturated heterocycles. The van der Waals surface area contributed by atoms with Gasteiger partial charge in [0.15, 0.2) is 0 Å². The largest absolute Gasteiger partial charge is 0.492 e. The van der Waals surface area contributed by atoms with Crippen molar-refractivity contribution >= 4 is 5.57 Å². The quantitative estimate of drug-likeness (QED) is 0.845. The van der Waals surface area contributed by atoms with Gasteiger partial charge in [-0.05, 0) is 36.5 Å². The van der Waals surface area contributed by atoms with Gasteiger partial charge in [-0.25, -0.2) is 0 Å². The first-order valence-corrected chi connectivity index (χ1v) is 5.76. The maximum atomic E-state index is 9.44. The molecule has 3 nitrogen and oxygen atoms in total. The molecule has 0 fully saturated rings. The van der Waals surface area contributed by atoms with E-state index in [0.717, 1.165) is 30.6 Å². The zero-order valence-corrected chi connectivity index (χ0v) is 9.52. The van der Waals surface area contributed by atoms with Crippen LogP contribution in [-0.2, 0) is 0 Å². The average Bonchev–Trinajstić information content (AvgIpc) is 2.74. The summed E-state index contributed by atoms with van der Waals surface area (Å²) in [5.41, 5.74) is 2.23. The summed E-state index contributed by atoms with van der Waals surface area (Å²) in [5.74, 6) is 0.807. The van der Waals surface area contributed by atoms with E-state index in [1.807, 2.05) is 18.3 Å². The van der Waals surface area contributed by atoms with Crippen molar-refractivity contribution in [3.63, 3.8) is 0 Å². The lowest BCUT2D eigenvalue weighted by molar-refractivity contribution is 0.223. The molecule has 0 aromatic carbocycles. The monoisotopic (exact) mass is 219 g/mol. The number of aromatic nitrogens is 1. The zero-order valence-electron chi connectivity index (χ0n) is 9.52. The van der Waals surface area contributed by atoms with Crippen LogP contribution < -0.4 is 4.74 Å². The fraction of sp³-hybridized carbons (Fsp3) is 0.462. The Morgan fingerprint density at radius 1 is 1.50 bits per heavy atom. The second kappa shape index (κ2) is 5.12. The van der Waals surface area contributed by atoms with E-state index in [1.165, 1.54) is 5.57 Å². The second-order valence-electron chi connectivity index (χ2n) is 4.06. The van der Waals surface area contributed by atoms with E-state index in [9.17, 15) is 5.11 Å². The van der Waals surface area contributed by atoms with Crippen LogP contribution in [0.4, 0.5) is 0 Å². The van der Waals surface area contributed by atoms with Crippen LogP contribution in [0, 0.1) is 0 Å². The van der Waals surface area contributed by atoms with E-state index < -0.39 is 0 Å². The number of rotatable bonds is 4. The molecule has 0 bridgehead atoms. The number of aliphatic hydroxyl groups excluding tert-OH is 1. The smallest absolute Gasteiger partial charge is 0.138 e. The average molecular weight is 219 g/mol. The molecule has 0 radical (unpaired) electrons. The SMILES string of the molecule is CCCOc1cncc(C2=CC(O)CC2)c1. The summed E-state index contributed by atoms with van der Waals surface area (Å²) in [7, 11) is 0. The Kier molecular flexibility index (Phi) is 3.57. The molecule has 0 spiro atoms. The van der Waals surface area contributed by atoms with Gasteiger partial charge in [0, 0.05) is 6.20 Å². The van der Waals surface area contributed by atoms with Gasteiger partial charge >= 0.3 is 0 Å². The van der Waals surface area contributed by atoms with E-state index in [-0.39, 0.29) is 6.10 Å². The first-order chi connectivity index (χ1) is 7.79. The van der Waals surface area contributed by atoms with Gasteiger partial charge in [0.1, 0.15) is 5.75 Å². The molecule has 1 N–H and O–H groups in total. The summed E-state index contributed by atoms with van der Waals surface area (Å²) in [4.78, 5) is 4.16. The summed E-state index contributed by atoms with van der Waals surface area (Å²) in [6.07, 6.45) is 7.88. The van der Waals surface area contributed by atoms with E-state index in [1.54, 1.807) is 6.20 Å². The Morgan fingerprint density at radius 3 is 3.06 bits per heavy atom. The van der Waals surface area contributed by atoms with Crippen molar-refractivity contribution in [1.29, 1.82) is 0 Å². The van der Waals surface area contributed by atoms with Crippen molar-refractivity contribution in [2.75, 3.05) is 6.61 Å². The minimum Gasteiger partial charge on any atom is -0.492 e. The highest BCUT2D eigenvalue weighted by Gasteiger charge is 2.14. The molecule has 2 rings (SSSR count).